The van der Waals surface area contributed by atoms with Gasteiger partial charge in [-0.2, -0.15) is 0 Å². The van der Waals surface area contributed by atoms with E-state index in [2.05, 4.69) is 4.57 Å². The SMILES string of the molecule is COc1cccc(OCCn2cc(C(=O)c3cccs3)c3ccccc32)c1. The van der Waals surface area contributed by atoms with Gasteiger partial charge in [0.05, 0.1) is 18.5 Å². The largest absolute Gasteiger partial charge is 0.497 e. The van der Waals surface area contributed by atoms with Crippen LogP contribution in [0.5, 0.6) is 11.5 Å². The van der Waals surface area contributed by atoms with Crippen molar-refractivity contribution in [2.75, 3.05) is 13.7 Å². The zero-order valence-electron chi connectivity index (χ0n) is 14.9. The Morgan fingerprint density at radius 1 is 1.04 bits per heavy atom. The maximum atomic E-state index is 12.9. The zero-order valence-corrected chi connectivity index (χ0v) is 15.7. The molecule has 4 nitrogen and oxygen atoms in total. The van der Waals surface area contributed by atoms with Crippen LogP contribution in [0.25, 0.3) is 10.9 Å². The summed E-state index contributed by atoms with van der Waals surface area (Å²) in [6.45, 7) is 1.15. The van der Waals surface area contributed by atoms with Crippen LogP contribution in [0.1, 0.15) is 15.2 Å². The Labute approximate surface area is 161 Å². The Hall–Kier alpha value is -3.05. The average molecular weight is 377 g/mol. The van der Waals surface area contributed by atoms with Gasteiger partial charge < -0.3 is 14.0 Å². The third-order valence-corrected chi connectivity index (χ3v) is 5.29. The highest BCUT2D eigenvalue weighted by molar-refractivity contribution is 7.12. The number of aromatic nitrogens is 1. The van der Waals surface area contributed by atoms with E-state index in [0.29, 0.717) is 13.2 Å². The number of methoxy groups -OCH3 is 1. The number of carbonyl (C=O) groups is 1. The summed E-state index contributed by atoms with van der Waals surface area (Å²) in [4.78, 5) is 13.6. The van der Waals surface area contributed by atoms with Crippen LogP contribution >= 0.6 is 11.3 Å². The summed E-state index contributed by atoms with van der Waals surface area (Å²) in [5, 5.41) is 2.89. The third kappa shape index (κ3) is 3.59. The second-order valence-electron chi connectivity index (χ2n) is 6.09. The van der Waals surface area contributed by atoms with Crippen molar-refractivity contribution in [3.8, 4) is 11.5 Å². The van der Waals surface area contributed by atoms with Crippen LogP contribution in [-0.2, 0) is 6.54 Å². The Morgan fingerprint density at radius 3 is 2.70 bits per heavy atom. The number of para-hydroxylation sites is 1. The van der Waals surface area contributed by atoms with Crippen molar-refractivity contribution in [2.24, 2.45) is 0 Å². The van der Waals surface area contributed by atoms with E-state index in [1.807, 2.05) is 72.2 Å². The Morgan fingerprint density at radius 2 is 1.89 bits per heavy atom. The number of thiophene rings is 1. The molecule has 4 rings (SSSR count). The highest BCUT2D eigenvalue weighted by Crippen LogP contribution is 2.25. The fourth-order valence-electron chi connectivity index (χ4n) is 3.11. The molecule has 0 aliphatic rings. The molecule has 0 atom stereocenters. The van der Waals surface area contributed by atoms with E-state index in [9.17, 15) is 4.79 Å². The van der Waals surface area contributed by atoms with Crippen LogP contribution in [-0.4, -0.2) is 24.1 Å². The van der Waals surface area contributed by atoms with Gasteiger partial charge in [0.2, 0.25) is 5.78 Å². The lowest BCUT2D eigenvalue weighted by Gasteiger charge is -2.09. The van der Waals surface area contributed by atoms with Gasteiger partial charge in [-0.05, 0) is 29.6 Å². The molecular weight excluding hydrogens is 358 g/mol. The van der Waals surface area contributed by atoms with Crippen molar-refractivity contribution < 1.29 is 14.3 Å². The molecule has 4 aromatic rings. The quantitative estimate of drug-likeness (QED) is 0.425. The van der Waals surface area contributed by atoms with Crippen molar-refractivity contribution in [3.05, 3.63) is 82.7 Å². The van der Waals surface area contributed by atoms with Crippen molar-refractivity contribution in [3.63, 3.8) is 0 Å². The summed E-state index contributed by atoms with van der Waals surface area (Å²) in [6, 6.07) is 19.3. The number of ketones is 1. The van der Waals surface area contributed by atoms with Crippen molar-refractivity contribution in [1.82, 2.24) is 4.57 Å². The number of hydrogen-bond donors (Lipinski definition) is 0. The minimum absolute atomic E-state index is 0.0636. The molecule has 0 fully saturated rings. The molecule has 0 saturated heterocycles. The van der Waals surface area contributed by atoms with Gasteiger partial charge in [0.15, 0.2) is 0 Å². The molecule has 0 aliphatic carbocycles. The third-order valence-electron chi connectivity index (χ3n) is 4.42. The summed E-state index contributed by atoms with van der Waals surface area (Å²) in [5.41, 5.74) is 1.76. The lowest BCUT2D eigenvalue weighted by atomic mass is 10.1. The van der Waals surface area contributed by atoms with E-state index >= 15 is 0 Å². The summed E-state index contributed by atoms with van der Waals surface area (Å²) in [5.74, 6) is 1.59. The predicted octanol–water partition coefficient (Wildman–Crippen LogP) is 5.02. The first-order valence-corrected chi connectivity index (χ1v) is 9.57. The second-order valence-corrected chi connectivity index (χ2v) is 7.03. The molecule has 2 aromatic heterocycles. The van der Waals surface area contributed by atoms with E-state index in [-0.39, 0.29) is 5.78 Å². The molecule has 0 aliphatic heterocycles. The van der Waals surface area contributed by atoms with Crippen LogP contribution in [0.4, 0.5) is 0 Å². The van der Waals surface area contributed by atoms with Crippen LogP contribution in [0.2, 0.25) is 0 Å². The zero-order chi connectivity index (χ0) is 18.6. The topological polar surface area (TPSA) is 40.5 Å². The molecule has 0 amide bonds. The fourth-order valence-corrected chi connectivity index (χ4v) is 3.78. The molecule has 0 bridgehead atoms. The number of carbonyl (C=O) groups excluding carboxylic acids is 1. The Bertz CT molecular complexity index is 1070. The van der Waals surface area contributed by atoms with Crippen molar-refractivity contribution >= 4 is 28.0 Å². The maximum Gasteiger partial charge on any atom is 0.205 e. The van der Waals surface area contributed by atoms with Gasteiger partial charge in [-0.1, -0.05) is 30.3 Å². The van der Waals surface area contributed by atoms with Gasteiger partial charge in [-0.25, -0.2) is 0 Å². The number of hydrogen-bond acceptors (Lipinski definition) is 4. The fraction of sp³-hybridized carbons (Fsp3) is 0.136. The van der Waals surface area contributed by atoms with Crippen LogP contribution in [0, 0.1) is 0 Å². The Kier molecular flexibility index (Phi) is 4.94. The highest BCUT2D eigenvalue weighted by atomic mass is 32.1. The number of ether oxygens (including phenoxy) is 2. The molecule has 5 heteroatoms. The smallest absolute Gasteiger partial charge is 0.205 e. The first kappa shape index (κ1) is 17.4. The normalized spacial score (nSPS) is 10.9. The van der Waals surface area contributed by atoms with Crippen LogP contribution < -0.4 is 9.47 Å². The molecule has 0 unspecified atom stereocenters. The number of rotatable bonds is 7. The van der Waals surface area contributed by atoms with Gasteiger partial charge in [0, 0.05) is 28.7 Å². The molecule has 0 N–H and O–H groups in total. The lowest BCUT2D eigenvalue weighted by Crippen LogP contribution is -2.07. The van der Waals surface area contributed by atoms with E-state index in [4.69, 9.17) is 9.47 Å². The van der Waals surface area contributed by atoms with Crippen molar-refractivity contribution in [1.29, 1.82) is 0 Å². The standard InChI is InChI=1S/C22H19NO3S/c1-25-16-6-4-7-17(14-16)26-12-11-23-15-19(18-8-2-3-9-20(18)23)22(24)21-10-5-13-27-21/h2-10,13-15H,11-12H2,1H3. The minimum atomic E-state index is 0.0636. The van der Waals surface area contributed by atoms with Crippen LogP contribution in [0.3, 0.4) is 0 Å². The molecule has 27 heavy (non-hydrogen) atoms. The number of benzene rings is 2. The monoisotopic (exact) mass is 377 g/mol. The second kappa shape index (κ2) is 7.68. The summed E-state index contributed by atoms with van der Waals surface area (Å²) >= 11 is 1.47. The Balaban J connectivity index is 1.56. The van der Waals surface area contributed by atoms with E-state index < -0.39 is 0 Å². The first-order chi connectivity index (χ1) is 13.3. The molecule has 136 valence electrons. The number of nitrogens with zero attached hydrogens (tertiary/aromatic N) is 1. The van der Waals surface area contributed by atoms with E-state index in [0.717, 1.165) is 32.8 Å². The average Bonchev–Trinajstić information content (AvgIpc) is 3.36. The summed E-state index contributed by atoms with van der Waals surface area (Å²) in [7, 11) is 1.64. The van der Waals surface area contributed by atoms with Gasteiger partial charge >= 0.3 is 0 Å². The molecule has 2 heterocycles. The maximum absolute atomic E-state index is 12.9. The van der Waals surface area contributed by atoms with Gasteiger partial charge in [0.25, 0.3) is 0 Å². The van der Waals surface area contributed by atoms with Gasteiger partial charge in [-0.3, -0.25) is 4.79 Å². The van der Waals surface area contributed by atoms with Gasteiger partial charge in [-0.15, -0.1) is 11.3 Å². The highest BCUT2D eigenvalue weighted by Gasteiger charge is 2.17. The minimum Gasteiger partial charge on any atom is -0.497 e. The summed E-state index contributed by atoms with van der Waals surface area (Å²) in [6.07, 6.45) is 1.93. The van der Waals surface area contributed by atoms with Gasteiger partial charge in [0.1, 0.15) is 18.1 Å². The predicted molar refractivity (Wildman–Crippen MR) is 108 cm³/mol. The summed E-state index contributed by atoms with van der Waals surface area (Å²) < 4.78 is 13.2. The molecular formula is C22H19NO3S. The molecule has 0 spiro atoms. The number of fused-ring (bicyclic) bond motifs is 1. The molecule has 0 radical (unpaired) electrons. The molecule has 0 saturated carbocycles. The molecule has 2 aromatic carbocycles. The van der Waals surface area contributed by atoms with E-state index in [1.54, 1.807) is 7.11 Å². The lowest BCUT2D eigenvalue weighted by molar-refractivity contribution is 0.104. The van der Waals surface area contributed by atoms with Crippen molar-refractivity contribution in [2.45, 2.75) is 6.54 Å². The first-order valence-electron chi connectivity index (χ1n) is 8.69. The van der Waals surface area contributed by atoms with E-state index in [1.165, 1.54) is 11.3 Å². The van der Waals surface area contributed by atoms with Crippen LogP contribution in [0.15, 0.2) is 72.2 Å².